The van der Waals surface area contributed by atoms with Crippen molar-refractivity contribution in [3.63, 3.8) is 0 Å². The lowest BCUT2D eigenvalue weighted by Crippen LogP contribution is -2.19. The zero-order chi connectivity index (χ0) is 13.8. The Kier molecular flexibility index (Phi) is 4.07. The Labute approximate surface area is 117 Å². The summed E-state index contributed by atoms with van der Waals surface area (Å²) < 4.78 is 0. The first-order valence-corrected chi connectivity index (χ1v) is 6.33. The van der Waals surface area contributed by atoms with Crippen LogP contribution < -0.4 is 10.6 Å². The predicted octanol–water partition coefficient (Wildman–Crippen LogP) is 4.60. The highest BCUT2D eigenvalue weighted by molar-refractivity contribution is 6.30. The molecule has 0 bridgehead atoms. The number of hydrogen-bond acceptors (Lipinski definition) is 1. The maximum absolute atomic E-state index is 11.9. The Morgan fingerprint density at radius 1 is 1.05 bits per heavy atom. The molecule has 2 amide bonds. The molecule has 0 aromatic heterocycles. The smallest absolute Gasteiger partial charge is 0.308 e. The molecule has 0 spiro atoms. The topological polar surface area (TPSA) is 41.1 Å². The van der Waals surface area contributed by atoms with Crippen LogP contribution in [0, 0.1) is 13.8 Å². The monoisotopic (exact) mass is 274 g/mol. The first kappa shape index (κ1) is 13.4. The van der Waals surface area contributed by atoms with E-state index in [0.29, 0.717) is 5.02 Å². The van der Waals surface area contributed by atoms with Gasteiger partial charge in [0.15, 0.2) is 0 Å². The molecule has 0 heterocycles. The number of aryl methyl sites for hydroxylation is 2. The Morgan fingerprint density at radius 2 is 1.84 bits per heavy atom. The van der Waals surface area contributed by atoms with Crippen LogP contribution in [0.15, 0.2) is 42.5 Å². The normalized spacial score (nSPS) is 10.1. The molecule has 3 nitrogen and oxygen atoms in total. The molecule has 0 aliphatic carbocycles. The highest BCUT2D eigenvalue weighted by Gasteiger charge is 2.05. The molecule has 0 aliphatic heterocycles. The Morgan fingerprint density at radius 3 is 2.53 bits per heavy atom. The van der Waals surface area contributed by atoms with Gasteiger partial charge < -0.3 is 10.6 Å². The van der Waals surface area contributed by atoms with E-state index in [1.54, 1.807) is 12.1 Å². The van der Waals surface area contributed by atoms with Crippen LogP contribution in [0.25, 0.3) is 0 Å². The summed E-state index contributed by atoms with van der Waals surface area (Å²) >= 11 is 5.87. The summed E-state index contributed by atoms with van der Waals surface area (Å²) in [4.78, 5) is 11.9. The molecule has 98 valence electrons. The molecule has 0 saturated heterocycles. The third-order valence-corrected chi connectivity index (χ3v) is 2.95. The van der Waals surface area contributed by atoms with Gasteiger partial charge in [0.2, 0.25) is 0 Å². The number of nitrogens with one attached hydrogen (secondary N) is 2. The second kappa shape index (κ2) is 5.76. The highest BCUT2D eigenvalue weighted by atomic mass is 35.5. The number of benzene rings is 2. The molecule has 0 radical (unpaired) electrons. The SMILES string of the molecule is Cc1cccc(NC(=O)Nc2ccc(Cl)cc2C)c1. The number of hydrogen-bond donors (Lipinski definition) is 2. The number of rotatable bonds is 2. The van der Waals surface area contributed by atoms with Gasteiger partial charge in [-0.1, -0.05) is 23.7 Å². The number of carbonyl (C=O) groups is 1. The molecule has 2 aromatic carbocycles. The van der Waals surface area contributed by atoms with Crippen molar-refractivity contribution in [1.29, 1.82) is 0 Å². The van der Waals surface area contributed by atoms with Gasteiger partial charge in [-0.3, -0.25) is 0 Å². The fourth-order valence-electron chi connectivity index (χ4n) is 1.77. The van der Waals surface area contributed by atoms with Gasteiger partial charge in [-0.15, -0.1) is 0 Å². The van der Waals surface area contributed by atoms with Crippen molar-refractivity contribution in [2.75, 3.05) is 10.6 Å². The fraction of sp³-hybridized carbons (Fsp3) is 0.133. The van der Waals surface area contributed by atoms with Gasteiger partial charge in [-0.2, -0.15) is 0 Å². The molecule has 2 aromatic rings. The van der Waals surface area contributed by atoms with Crippen molar-refractivity contribution in [2.45, 2.75) is 13.8 Å². The van der Waals surface area contributed by atoms with E-state index in [-0.39, 0.29) is 6.03 Å². The second-order valence-corrected chi connectivity index (χ2v) is 4.84. The maximum Gasteiger partial charge on any atom is 0.323 e. The molecule has 2 rings (SSSR count). The minimum absolute atomic E-state index is 0.268. The van der Waals surface area contributed by atoms with Crippen molar-refractivity contribution < 1.29 is 4.79 Å². The summed E-state index contributed by atoms with van der Waals surface area (Å²) in [5.41, 5.74) is 3.53. The van der Waals surface area contributed by atoms with Crippen molar-refractivity contribution in [1.82, 2.24) is 0 Å². The summed E-state index contributed by atoms with van der Waals surface area (Å²) in [6.07, 6.45) is 0. The van der Waals surface area contributed by atoms with Crippen LogP contribution >= 0.6 is 11.6 Å². The van der Waals surface area contributed by atoms with Crippen LogP contribution in [-0.4, -0.2) is 6.03 Å². The first-order valence-electron chi connectivity index (χ1n) is 5.95. The lowest BCUT2D eigenvalue weighted by molar-refractivity contribution is 0.262. The maximum atomic E-state index is 11.9. The molecule has 19 heavy (non-hydrogen) atoms. The molecule has 4 heteroatoms. The van der Waals surface area contributed by atoms with E-state index in [4.69, 9.17) is 11.6 Å². The van der Waals surface area contributed by atoms with Crippen LogP contribution in [0.2, 0.25) is 5.02 Å². The lowest BCUT2D eigenvalue weighted by Gasteiger charge is -2.10. The van der Waals surface area contributed by atoms with Crippen molar-refractivity contribution in [2.24, 2.45) is 0 Å². The molecular weight excluding hydrogens is 260 g/mol. The first-order chi connectivity index (χ1) is 9.04. The minimum Gasteiger partial charge on any atom is -0.308 e. The minimum atomic E-state index is -0.268. The van der Waals surface area contributed by atoms with E-state index in [0.717, 1.165) is 22.5 Å². The average Bonchev–Trinajstić information content (AvgIpc) is 2.33. The van der Waals surface area contributed by atoms with Crippen molar-refractivity contribution >= 4 is 29.0 Å². The third kappa shape index (κ3) is 3.73. The Balaban J connectivity index is 2.05. The highest BCUT2D eigenvalue weighted by Crippen LogP contribution is 2.20. The summed E-state index contributed by atoms with van der Waals surface area (Å²) in [5.74, 6) is 0. The van der Waals surface area contributed by atoms with Gasteiger partial charge >= 0.3 is 6.03 Å². The standard InChI is InChI=1S/C15H15ClN2O/c1-10-4-3-5-13(8-10)17-15(19)18-14-7-6-12(16)9-11(14)2/h3-9H,1-2H3,(H2,17,18,19). The van der Waals surface area contributed by atoms with Crippen LogP contribution in [-0.2, 0) is 0 Å². The molecule has 0 aliphatic rings. The number of anilines is 2. The van der Waals surface area contributed by atoms with Gasteiger partial charge in [0, 0.05) is 16.4 Å². The average molecular weight is 275 g/mol. The van der Waals surface area contributed by atoms with Crippen LogP contribution in [0.3, 0.4) is 0 Å². The molecule has 2 N–H and O–H groups in total. The summed E-state index contributed by atoms with van der Waals surface area (Å²) in [6.45, 7) is 3.88. The number of amides is 2. The molecule has 0 fully saturated rings. The molecular formula is C15H15ClN2O. The van der Waals surface area contributed by atoms with E-state index in [2.05, 4.69) is 10.6 Å². The largest absolute Gasteiger partial charge is 0.323 e. The van der Waals surface area contributed by atoms with Gasteiger partial charge in [-0.05, 0) is 55.3 Å². The summed E-state index contributed by atoms with van der Waals surface area (Å²) in [7, 11) is 0. The quantitative estimate of drug-likeness (QED) is 0.825. The fourth-order valence-corrected chi connectivity index (χ4v) is 2.00. The van der Waals surface area contributed by atoms with E-state index in [1.807, 2.05) is 44.2 Å². The van der Waals surface area contributed by atoms with E-state index in [1.165, 1.54) is 0 Å². The number of carbonyl (C=O) groups excluding carboxylic acids is 1. The third-order valence-electron chi connectivity index (χ3n) is 2.71. The van der Waals surface area contributed by atoms with Crippen molar-refractivity contribution in [3.8, 4) is 0 Å². The summed E-state index contributed by atoms with van der Waals surface area (Å²) in [5, 5.41) is 6.24. The summed E-state index contributed by atoms with van der Waals surface area (Å²) in [6, 6.07) is 12.7. The zero-order valence-electron chi connectivity index (χ0n) is 10.8. The van der Waals surface area contributed by atoms with Crippen molar-refractivity contribution in [3.05, 3.63) is 58.6 Å². The predicted molar refractivity (Wildman–Crippen MR) is 80.0 cm³/mol. The second-order valence-electron chi connectivity index (χ2n) is 4.41. The van der Waals surface area contributed by atoms with E-state index in [9.17, 15) is 4.79 Å². The number of halogens is 1. The molecule has 0 atom stereocenters. The molecule has 0 saturated carbocycles. The Bertz CT molecular complexity index is 611. The van der Waals surface area contributed by atoms with Gasteiger partial charge in [-0.25, -0.2) is 4.79 Å². The Hall–Kier alpha value is -2.00. The van der Waals surface area contributed by atoms with Crippen LogP contribution in [0.5, 0.6) is 0 Å². The van der Waals surface area contributed by atoms with Gasteiger partial charge in [0.1, 0.15) is 0 Å². The zero-order valence-corrected chi connectivity index (χ0v) is 11.6. The van der Waals surface area contributed by atoms with E-state index >= 15 is 0 Å². The molecule has 0 unspecified atom stereocenters. The number of urea groups is 1. The van der Waals surface area contributed by atoms with E-state index < -0.39 is 0 Å². The van der Waals surface area contributed by atoms with Gasteiger partial charge in [0.25, 0.3) is 0 Å². The van der Waals surface area contributed by atoms with Gasteiger partial charge in [0.05, 0.1) is 0 Å². The van der Waals surface area contributed by atoms with Crippen LogP contribution in [0.1, 0.15) is 11.1 Å². The lowest BCUT2D eigenvalue weighted by atomic mass is 10.2. The van der Waals surface area contributed by atoms with Crippen LogP contribution in [0.4, 0.5) is 16.2 Å².